The van der Waals surface area contributed by atoms with Crippen molar-refractivity contribution >= 4 is 46.1 Å². The zero-order valence-corrected chi connectivity index (χ0v) is 34.9. The topological polar surface area (TPSA) is 185 Å². The van der Waals surface area contributed by atoms with Crippen LogP contribution in [0.1, 0.15) is 65.7 Å². The number of likely N-dealkylation sites (tertiary alicyclic amines) is 2. The highest BCUT2D eigenvalue weighted by molar-refractivity contribution is 6.06. The highest BCUT2D eigenvalue weighted by Gasteiger charge is 2.42. The van der Waals surface area contributed by atoms with Crippen molar-refractivity contribution < 1.29 is 29.0 Å². The standard InChI is InChI=1S/C46H52N10O6/c1-28-23-55(44-35(28)20-33(22-48-44)54-19-14-42(58)49-46(54)60)32-12-15-52(16-13-32)24-29-10-17-53(18-11-29)45(59)31-8-6-30(7-9-31)40-25-56(38-26-61-27-41(38)62-40)37-21-36(50-51-43(37)47)34-4-2-3-5-39(34)57/h2-9,20-23,29,32,38,40-41,57H,10-19,24-27H2,1H3,(H2,47,51)(H,49,58,60)/t38-,40+,41+/m1/s1. The summed E-state index contributed by atoms with van der Waals surface area (Å²) in [4.78, 5) is 51.0. The summed E-state index contributed by atoms with van der Waals surface area (Å²) in [7, 11) is 0. The molecule has 3 aromatic heterocycles. The predicted molar refractivity (Wildman–Crippen MR) is 233 cm³/mol. The number of aromatic nitrogens is 4. The largest absolute Gasteiger partial charge is 0.507 e. The van der Waals surface area contributed by atoms with Crippen LogP contribution in [-0.4, -0.2) is 124 Å². The van der Waals surface area contributed by atoms with E-state index in [0.29, 0.717) is 72.3 Å². The number of urea groups is 1. The third-order valence-electron chi connectivity index (χ3n) is 13.5. The smallest absolute Gasteiger partial charge is 0.328 e. The van der Waals surface area contributed by atoms with Crippen LogP contribution >= 0.6 is 0 Å². The number of nitrogen functional groups attached to an aromatic ring is 1. The number of amides is 4. The quantitative estimate of drug-likeness (QED) is 0.189. The number of carbonyl (C=O) groups is 3. The number of morpholine rings is 1. The summed E-state index contributed by atoms with van der Waals surface area (Å²) < 4.78 is 14.8. The summed E-state index contributed by atoms with van der Waals surface area (Å²) in [6.07, 6.45) is 7.78. The summed E-state index contributed by atoms with van der Waals surface area (Å²) in [6.45, 7) is 8.45. The number of fused-ring (bicyclic) bond motifs is 2. The van der Waals surface area contributed by atoms with Gasteiger partial charge in [0.05, 0.1) is 42.5 Å². The summed E-state index contributed by atoms with van der Waals surface area (Å²) in [6, 6.07) is 18.6. The van der Waals surface area contributed by atoms with Gasteiger partial charge in [-0.1, -0.05) is 24.3 Å². The molecule has 0 radical (unpaired) electrons. The fourth-order valence-corrected chi connectivity index (χ4v) is 10.0. The van der Waals surface area contributed by atoms with E-state index in [1.54, 1.807) is 29.3 Å². The number of ether oxygens (including phenoxy) is 2. The summed E-state index contributed by atoms with van der Waals surface area (Å²) in [5, 5.41) is 22.5. The Morgan fingerprint density at radius 3 is 2.52 bits per heavy atom. The van der Waals surface area contributed by atoms with Crippen LogP contribution in [-0.2, 0) is 14.3 Å². The monoisotopic (exact) mass is 840 g/mol. The second-order valence-electron chi connectivity index (χ2n) is 17.4. The number of para-hydroxylation sites is 1. The van der Waals surface area contributed by atoms with E-state index in [9.17, 15) is 19.5 Å². The fourth-order valence-electron chi connectivity index (χ4n) is 10.0. The van der Waals surface area contributed by atoms with Gasteiger partial charge in [-0.2, -0.15) is 0 Å². The molecule has 2 aromatic carbocycles. The van der Waals surface area contributed by atoms with Gasteiger partial charge in [0.1, 0.15) is 23.6 Å². The van der Waals surface area contributed by atoms with Crippen molar-refractivity contribution in [1.82, 2.24) is 34.9 Å². The lowest BCUT2D eigenvalue weighted by Crippen LogP contribution is -2.52. The molecule has 16 nitrogen and oxygen atoms in total. The minimum absolute atomic E-state index is 0.0536. The molecule has 322 valence electrons. The molecule has 5 aliphatic rings. The van der Waals surface area contributed by atoms with Crippen molar-refractivity contribution in [2.75, 3.05) is 74.6 Å². The Hall–Kier alpha value is -6.10. The summed E-state index contributed by atoms with van der Waals surface area (Å²) in [5.41, 5.74) is 12.6. The molecule has 62 heavy (non-hydrogen) atoms. The van der Waals surface area contributed by atoms with Crippen LogP contribution in [0.15, 0.2) is 73.1 Å². The first-order valence-electron chi connectivity index (χ1n) is 21.8. The number of nitrogens with one attached hydrogen (secondary N) is 1. The minimum atomic E-state index is -0.401. The van der Waals surface area contributed by atoms with Gasteiger partial charge in [-0.15, -0.1) is 10.2 Å². The Morgan fingerprint density at radius 1 is 0.952 bits per heavy atom. The Balaban J connectivity index is 0.726. The number of aryl methyl sites for hydroxylation is 1. The van der Waals surface area contributed by atoms with Gasteiger partial charge in [-0.3, -0.25) is 19.8 Å². The van der Waals surface area contributed by atoms with E-state index >= 15 is 0 Å². The average Bonchev–Trinajstić information content (AvgIpc) is 3.91. The molecule has 5 aliphatic heterocycles. The molecule has 5 fully saturated rings. The number of nitrogens with zero attached hydrogens (tertiary/aromatic N) is 8. The number of hydrogen-bond acceptors (Lipinski definition) is 12. The molecular weight excluding hydrogens is 789 g/mol. The fraction of sp³-hybridized carbons (Fsp3) is 0.435. The number of rotatable bonds is 8. The Morgan fingerprint density at radius 2 is 1.74 bits per heavy atom. The molecule has 16 heteroatoms. The number of phenolic OH excluding ortho intramolecular Hbond substituents is 1. The molecular formula is C46H52N10O6. The lowest BCUT2D eigenvalue weighted by molar-refractivity contribution is -0.120. The zero-order chi connectivity index (χ0) is 42.5. The molecule has 8 heterocycles. The molecule has 5 aromatic rings. The normalized spacial score (nSPS) is 22.9. The van der Waals surface area contributed by atoms with Crippen LogP contribution in [0.4, 0.5) is 22.0 Å². The molecule has 0 saturated carbocycles. The maximum absolute atomic E-state index is 13.7. The minimum Gasteiger partial charge on any atom is -0.507 e. The van der Waals surface area contributed by atoms with Crippen LogP contribution in [0.25, 0.3) is 22.3 Å². The second-order valence-corrected chi connectivity index (χ2v) is 17.4. The van der Waals surface area contributed by atoms with E-state index < -0.39 is 6.03 Å². The van der Waals surface area contributed by atoms with Gasteiger partial charge in [0.25, 0.3) is 5.91 Å². The Labute approximate surface area is 359 Å². The molecule has 0 aliphatic carbocycles. The number of pyridine rings is 1. The maximum Gasteiger partial charge on any atom is 0.328 e. The number of phenols is 1. The van der Waals surface area contributed by atoms with Crippen molar-refractivity contribution in [3.63, 3.8) is 0 Å². The number of aromatic hydroxyl groups is 1. The molecule has 5 saturated heterocycles. The van der Waals surface area contributed by atoms with E-state index in [1.807, 2.05) is 47.4 Å². The average molecular weight is 841 g/mol. The number of anilines is 3. The lowest BCUT2D eigenvalue weighted by Gasteiger charge is -2.42. The predicted octanol–water partition coefficient (Wildman–Crippen LogP) is 5.07. The van der Waals surface area contributed by atoms with Crippen LogP contribution in [0.5, 0.6) is 5.75 Å². The van der Waals surface area contributed by atoms with Gasteiger partial charge in [0, 0.05) is 81.0 Å². The van der Waals surface area contributed by atoms with Gasteiger partial charge in [-0.25, -0.2) is 9.78 Å². The first-order chi connectivity index (χ1) is 30.2. The number of benzene rings is 2. The summed E-state index contributed by atoms with van der Waals surface area (Å²) in [5.74, 6) is 0.769. The highest BCUT2D eigenvalue weighted by Crippen LogP contribution is 2.39. The number of nitrogens with two attached hydrogens (primary N) is 1. The Bertz CT molecular complexity index is 2500. The van der Waals surface area contributed by atoms with Crippen molar-refractivity contribution in [1.29, 1.82) is 0 Å². The number of imide groups is 1. The first-order valence-corrected chi connectivity index (χ1v) is 21.8. The molecule has 4 N–H and O–H groups in total. The van der Waals surface area contributed by atoms with E-state index in [4.69, 9.17) is 20.2 Å². The second kappa shape index (κ2) is 16.6. The van der Waals surface area contributed by atoms with E-state index in [0.717, 1.165) is 80.6 Å². The van der Waals surface area contributed by atoms with Crippen molar-refractivity contribution in [3.05, 3.63) is 89.7 Å². The van der Waals surface area contributed by atoms with Gasteiger partial charge >= 0.3 is 6.03 Å². The molecule has 4 amide bonds. The maximum atomic E-state index is 13.7. The zero-order valence-electron chi connectivity index (χ0n) is 34.9. The van der Waals surface area contributed by atoms with Crippen LogP contribution < -0.4 is 20.9 Å². The van der Waals surface area contributed by atoms with E-state index in [-0.39, 0.29) is 42.2 Å². The van der Waals surface area contributed by atoms with Crippen molar-refractivity contribution in [2.24, 2.45) is 5.92 Å². The first kappa shape index (κ1) is 40.0. The van der Waals surface area contributed by atoms with Gasteiger partial charge in [0.15, 0.2) is 5.82 Å². The van der Waals surface area contributed by atoms with Gasteiger partial charge in [-0.05, 0) is 86.1 Å². The number of piperidine rings is 2. The van der Waals surface area contributed by atoms with Crippen LogP contribution in [0.2, 0.25) is 0 Å². The number of hydrogen-bond donors (Lipinski definition) is 3. The number of carbonyl (C=O) groups excluding carboxylic acids is 3. The van der Waals surface area contributed by atoms with E-state index in [1.165, 1.54) is 0 Å². The summed E-state index contributed by atoms with van der Waals surface area (Å²) >= 11 is 0. The third-order valence-corrected chi connectivity index (χ3v) is 13.5. The van der Waals surface area contributed by atoms with Crippen molar-refractivity contribution in [2.45, 2.75) is 63.3 Å². The van der Waals surface area contributed by atoms with Gasteiger partial charge in [0.2, 0.25) is 5.91 Å². The molecule has 0 bridgehead atoms. The molecule has 0 unspecified atom stereocenters. The lowest BCUT2D eigenvalue weighted by atomic mass is 9.94. The Kier molecular flexibility index (Phi) is 10.7. The molecule has 0 spiro atoms. The van der Waals surface area contributed by atoms with Crippen LogP contribution in [0, 0.1) is 12.8 Å². The third kappa shape index (κ3) is 7.71. The van der Waals surface area contributed by atoms with E-state index in [2.05, 4.69) is 43.0 Å². The molecule has 10 rings (SSSR count). The SMILES string of the molecule is Cc1cn(C2CCN(CC3CCN(C(=O)c4ccc([C@@H]5CN(c6cc(-c7ccccc7O)nnc6N)[C@@H]6COC[C@@H]6O5)cc4)CC3)CC2)c2ncc(N3CCC(=O)NC3=O)cc12. The highest BCUT2D eigenvalue weighted by atomic mass is 16.6. The van der Waals surface area contributed by atoms with Crippen molar-refractivity contribution in [3.8, 4) is 17.0 Å². The van der Waals surface area contributed by atoms with Crippen LogP contribution in [0.3, 0.4) is 0 Å². The van der Waals surface area contributed by atoms with Gasteiger partial charge < -0.3 is 39.6 Å². The molecule has 3 atom stereocenters.